The first kappa shape index (κ1) is 21.1. The second-order valence-corrected chi connectivity index (χ2v) is 7.05. The summed E-state index contributed by atoms with van der Waals surface area (Å²) in [5.74, 6) is 0.705. The van der Waals surface area contributed by atoms with Crippen LogP contribution >= 0.6 is 0 Å². The average molecular weight is 429 g/mol. The van der Waals surface area contributed by atoms with Gasteiger partial charge in [0.1, 0.15) is 17.2 Å². The number of rotatable bonds is 6. The Balaban J connectivity index is 1.92. The molecule has 0 N–H and O–H groups in total. The standard InChI is InChI=1S/C25H23N3O4/c1-4-32-22-16-10-7-13-19(22)27(2)25(30)23-17-11-5-6-12-18(17)24(29)28(26-23)20-14-8-9-15-21(20)31-3/h5-16H,4H2,1-3H3. The average Bonchev–Trinajstić information content (AvgIpc) is 2.84. The van der Waals surface area contributed by atoms with Gasteiger partial charge < -0.3 is 14.4 Å². The first-order chi connectivity index (χ1) is 15.6. The van der Waals surface area contributed by atoms with Gasteiger partial charge in [0.15, 0.2) is 5.69 Å². The fraction of sp³-hybridized carbons (Fsp3) is 0.160. The molecule has 0 saturated carbocycles. The molecule has 3 aromatic carbocycles. The largest absolute Gasteiger partial charge is 0.494 e. The number of hydrogen-bond acceptors (Lipinski definition) is 5. The van der Waals surface area contributed by atoms with Gasteiger partial charge in [0, 0.05) is 12.4 Å². The zero-order valence-electron chi connectivity index (χ0n) is 18.1. The van der Waals surface area contributed by atoms with E-state index in [1.807, 2.05) is 25.1 Å². The predicted octanol–water partition coefficient (Wildman–Crippen LogP) is 4.07. The van der Waals surface area contributed by atoms with Crippen LogP contribution in [0.25, 0.3) is 16.5 Å². The molecule has 1 heterocycles. The normalized spacial score (nSPS) is 10.7. The number of anilines is 1. The zero-order valence-corrected chi connectivity index (χ0v) is 18.1. The van der Waals surface area contributed by atoms with E-state index >= 15 is 0 Å². The molecule has 1 aromatic heterocycles. The number of benzene rings is 3. The fourth-order valence-corrected chi connectivity index (χ4v) is 3.60. The highest BCUT2D eigenvalue weighted by Gasteiger charge is 2.23. The summed E-state index contributed by atoms with van der Waals surface area (Å²) in [6.07, 6.45) is 0. The SMILES string of the molecule is CCOc1ccccc1N(C)C(=O)c1nn(-c2ccccc2OC)c(=O)c2ccccc12. The zero-order chi connectivity index (χ0) is 22.7. The Labute approximate surface area is 185 Å². The van der Waals surface area contributed by atoms with Gasteiger partial charge in [-0.15, -0.1) is 0 Å². The first-order valence-corrected chi connectivity index (χ1v) is 10.2. The molecular formula is C25H23N3O4. The van der Waals surface area contributed by atoms with E-state index in [1.54, 1.807) is 61.6 Å². The molecule has 32 heavy (non-hydrogen) atoms. The highest BCUT2D eigenvalue weighted by molar-refractivity contribution is 6.12. The van der Waals surface area contributed by atoms with E-state index in [-0.39, 0.29) is 17.2 Å². The van der Waals surface area contributed by atoms with Crippen LogP contribution in [-0.2, 0) is 0 Å². The molecule has 0 radical (unpaired) electrons. The molecule has 1 amide bonds. The Kier molecular flexibility index (Phi) is 5.89. The van der Waals surface area contributed by atoms with Crippen molar-refractivity contribution in [1.29, 1.82) is 0 Å². The number of amides is 1. The Morgan fingerprint density at radius 2 is 1.56 bits per heavy atom. The lowest BCUT2D eigenvalue weighted by Crippen LogP contribution is -2.32. The smallest absolute Gasteiger partial charge is 0.279 e. The fourth-order valence-electron chi connectivity index (χ4n) is 3.60. The molecule has 4 rings (SSSR count). The van der Waals surface area contributed by atoms with E-state index in [0.717, 1.165) is 0 Å². The minimum absolute atomic E-state index is 0.153. The summed E-state index contributed by atoms with van der Waals surface area (Å²) < 4.78 is 12.3. The summed E-state index contributed by atoms with van der Waals surface area (Å²) in [6, 6.07) is 21.3. The molecule has 0 bridgehead atoms. The van der Waals surface area contributed by atoms with Gasteiger partial charge in [-0.05, 0) is 37.3 Å². The van der Waals surface area contributed by atoms with E-state index < -0.39 is 0 Å². The summed E-state index contributed by atoms with van der Waals surface area (Å²) in [5, 5.41) is 5.37. The Hall–Kier alpha value is -4.13. The predicted molar refractivity (Wildman–Crippen MR) is 124 cm³/mol. The topological polar surface area (TPSA) is 73.7 Å². The van der Waals surface area contributed by atoms with Crippen LogP contribution in [0.3, 0.4) is 0 Å². The molecule has 4 aromatic rings. The molecule has 0 atom stereocenters. The van der Waals surface area contributed by atoms with Gasteiger partial charge in [0.2, 0.25) is 0 Å². The highest BCUT2D eigenvalue weighted by atomic mass is 16.5. The van der Waals surface area contributed by atoms with E-state index in [0.29, 0.717) is 40.3 Å². The van der Waals surface area contributed by atoms with Crippen molar-refractivity contribution in [1.82, 2.24) is 9.78 Å². The molecular weight excluding hydrogens is 406 g/mol. The molecule has 7 heteroatoms. The minimum Gasteiger partial charge on any atom is -0.494 e. The summed E-state index contributed by atoms with van der Waals surface area (Å²) in [6.45, 7) is 2.36. The summed E-state index contributed by atoms with van der Waals surface area (Å²) >= 11 is 0. The quantitative estimate of drug-likeness (QED) is 0.462. The molecule has 7 nitrogen and oxygen atoms in total. The lowest BCUT2D eigenvalue weighted by Gasteiger charge is -2.21. The van der Waals surface area contributed by atoms with Crippen LogP contribution in [0.1, 0.15) is 17.4 Å². The molecule has 0 saturated heterocycles. The molecule has 162 valence electrons. The molecule has 0 unspecified atom stereocenters. The van der Waals surface area contributed by atoms with Gasteiger partial charge in [-0.25, -0.2) is 0 Å². The highest BCUT2D eigenvalue weighted by Crippen LogP contribution is 2.29. The number of para-hydroxylation sites is 4. The minimum atomic E-state index is -0.364. The van der Waals surface area contributed by atoms with Crippen molar-refractivity contribution >= 4 is 22.4 Å². The Morgan fingerprint density at radius 3 is 2.28 bits per heavy atom. The second kappa shape index (κ2) is 8.93. The number of carbonyl (C=O) groups excluding carboxylic acids is 1. The van der Waals surface area contributed by atoms with Crippen LogP contribution < -0.4 is 19.9 Å². The van der Waals surface area contributed by atoms with Crippen molar-refractivity contribution < 1.29 is 14.3 Å². The number of ether oxygens (including phenoxy) is 2. The molecule has 0 spiro atoms. The first-order valence-electron chi connectivity index (χ1n) is 10.2. The van der Waals surface area contributed by atoms with Crippen LogP contribution in [0.15, 0.2) is 77.6 Å². The number of hydrogen-bond donors (Lipinski definition) is 0. The van der Waals surface area contributed by atoms with Gasteiger partial charge in [-0.3, -0.25) is 9.59 Å². The van der Waals surface area contributed by atoms with Crippen molar-refractivity contribution in [2.24, 2.45) is 0 Å². The van der Waals surface area contributed by atoms with Gasteiger partial charge in [-0.2, -0.15) is 9.78 Å². The van der Waals surface area contributed by atoms with Gasteiger partial charge in [-0.1, -0.05) is 42.5 Å². The van der Waals surface area contributed by atoms with Crippen molar-refractivity contribution in [2.75, 3.05) is 25.7 Å². The van der Waals surface area contributed by atoms with Gasteiger partial charge >= 0.3 is 0 Å². The monoisotopic (exact) mass is 429 g/mol. The number of fused-ring (bicyclic) bond motifs is 1. The molecule has 0 aliphatic rings. The Morgan fingerprint density at radius 1 is 0.938 bits per heavy atom. The van der Waals surface area contributed by atoms with Gasteiger partial charge in [0.25, 0.3) is 11.5 Å². The third-order valence-electron chi connectivity index (χ3n) is 5.15. The number of aromatic nitrogens is 2. The van der Waals surface area contributed by atoms with Crippen molar-refractivity contribution in [2.45, 2.75) is 6.92 Å². The maximum Gasteiger partial charge on any atom is 0.279 e. The van der Waals surface area contributed by atoms with E-state index in [2.05, 4.69) is 5.10 Å². The van der Waals surface area contributed by atoms with Crippen LogP contribution in [0, 0.1) is 0 Å². The third kappa shape index (κ3) is 3.69. The van der Waals surface area contributed by atoms with E-state index in [4.69, 9.17) is 9.47 Å². The third-order valence-corrected chi connectivity index (χ3v) is 5.15. The van der Waals surface area contributed by atoms with Crippen molar-refractivity contribution in [3.8, 4) is 17.2 Å². The van der Waals surface area contributed by atoms with E-state index in [9.17, 15) is 9.59 Å². The number of nitrogens with zero attached hydrogens (tertiary/aromatic N) is 3. The van der Waals surface area contributed by atoms with Crippen LogP contribution in [-0.4, -0.2) is 36.5 Å². The van der Waals surface area contributed by atoms with E-state index in [1.165, 1.54) is 16.7 Å². The number of carbonyl (C=O) groups is 1. The van der Waals surface area contributed by atoms with Crippen molar-refractivity contribution in [3.63, 3.8) is 0 Å². The molecule has 0 aliphatic carbocycles. The van der Waals surface area contributed by atoms with Crippen molar-refractivity contribution in [3.05, 3.63) is 88.8 Å². The number of methoxy groups -OCH3 is 1. The summed E-state index contributed by atoms with van der Waals surface area (Å²) in [7, 11) is 3.19. The molecule has 0 aliphatic heterocycles. The lowest BCUT2D eigenvalue weighted by molar-refractivity contribution is 0.0987. The maximum absolute atomic E-state index is 13.6. The van der Waals surface area contributed by atoms with Crippen LogP contribution in [0.2, 0.25) is 0 Å². The maximum atomic E-state index is 13.6. The second-order valence-electron chi connectivity index (χ2n) is 7.05. The molecule has 0 fully saturated rings. The van der Waals surface area contributed by atoms with Crippen LogP contribution in [0.4, 0.5) is 5.69 Å². The van der Waals surface area contributed by atoms with Gasteiger partial charge in [0.05, 0.1) is 24.8 Å². The Bertz CT molecular complexity index is 1350. The van der Waals surface area contributed by atoms with Crippen LogP contribution in [0.5, 0.6) is 11.5 Å². The summed E-state index contributed by atoms with van der Waals surface area (Å²) in [4.78, 5) is 28.4. The summed E-state index contributed by atoms with van der Waals surface area (Å²) in [5.41, 5.74) is 0.886. The lowest BCUT2D eigenvalue weighted by atomic mass is 10.1.